The number of nitrogens with zero attached hydrogens (tertiary/aromatic N) is 1. The molecule has 0 amide bonds. The van der Waals surface area contributed by atoms with Crippen molar-refractivity contribution in [2.24, 2.45) is 5.73 Å². The molecule has 0 spiro atoms. The zero-order valence-corrected chi connectivity index (χ0v) is 6.83. The first-order valence-corrected chi connectivity index (χ1v) is 3.59. The predicted molar refractivity (Wildman–Crippen MR) is 46.8 cm³/mol. The molecule has 0 aliphatic heterocycles. The van der Waals surface area contributed by atoms with E-state index in [1.807, 2.05) is 32.1 Å². The monoisotopic (exact) mass is 148 g/mol. The fourth-order valence-corrected chi connectivity index (χ4v) is 0.945. The molecule has 58 valence electrons. The minimum atomic E-state index is 0.788. The molecule has 1 aromatic heterocycles. The number of hydrogen-bond acceptors (Lipinski definition) is 2. The van der Waals surface area contributed by atoms with Crippen LogP contribution >= 0.6 is 0 Å². The van der Waals surface area contributed by atoms with Gasteiger partial charge < -0.3 is 5.73 Å². The van der Waals surface area contributed by atoms with E-state index in [-0.39, 0.29) is 0 Å². The molecule has 0 aromatic carbocycles. The van der Waals surface area contributed by atoms with Gasteiger partial charge in [0.15, 0.2) is 0 Å². The molecule has 0 bridgehead atoms. The maximum Gasteiger partial charge on any atom is 0.0465 e. The number of allylic oxidation sites excluding steroid dienone is 1. The standard InChI is InChI=1S/C9H12N2/c1-3-9(10)8-5-4-6-11-7(8)2/h3-6H,10H2,1-2H3/b9-3+. The van der Waals surface area contributed by atoms with Crippen LogP contribution < -0.4 is 5.73 Å². The maximum absolute atomic E-state index is 5.72. The van der Waals surface area contributed by atoms with Crippen LogP contribution in [0.3, 0.4) is 0 Å². The molecule has 1 rings (SSSR count). The molecule has 1 heterocycles. The molecule has 11 heavy (non-hydrogen) atoms. The Balaban J connectivity index is 3.14. The Kier molecular flexibility index (Phi) is 2.26. The van der Waals surface area contributed by atoms with Crippen molar-refractivity contribution in [2.45, 2.75) is 13.8 Å². The molecule has 0 aliphatic rings. The summed E-state index contributed by atoms with van der Waals surface area (Å²) < 4.78 is 0. The number of aromatic nitrogens is 1. The Morgan fingerprint density at radius 1 is 1.64 bits per heavy atom. The van der Waals surface area contributed by atoms with Crippen LogP contribution in [0.25, 0.3) is 5.70 Å². The average Bonchev–Trinajstić information content (AvgIpc) is 2.04. The van der Waals surface area contributed by atoms with E-state index in [4.69, 9.17) is 5.73 Å². The summed E-state index contributed by atoms with van der Waals surface area (Å²) in [5, 5.41) is 0. The molecule has 2 heteroatoms. The SMILES string of the molecule is C/C=C(/N)c1cccnc1C. The minimum absolute atomic E-state index is 0.788. The first-order valence-electron chi connectivity index (χ1n) is 3.59. The van der Waals surface area contributed by atoms with Crippen molar-refractivity contribution >= 4 is 5.70 Å². The van der Waals surface area contributed by atoms with Gasteiger partial charge in [0.2, 0.25) is 0 Å². The summed E-state index contributed by atoms with van der Waals surface area (Å²) >= 11 is 0. The van der Waals surface area contributed by atoms with Gasteiger partial charge in [-0.15, -0.1) is 0 Å². The predicted octanol–water partition coefficient (Wildman–Crippen LogP) is 1.71. The Hall–Kier alpha value is -1.31. The third kappa shape index (κ3) is 1.58. The lowest BCUT2D eigenvalue weighted by atomic mass is 10.1. The van der Waals surface area contributed by atoms with E-state index in [9.17, 15) is 0 Å². The zero-order valence-electron chi connectivity index (χ0n) is 6.83. The summed E-state index contributed by atoms with van der Waals surface area (Å²) in [6.07, 6.45) is 3.64. The highest BCUT2D eigenvalue weighted by Gasteiger charge is 1.98. The van der Waals surface area contributed by atoms with Crippen LogP contribution in [0.5, 0.6) is 0 Å². The highest BCUT2D eigenvalue weighted by molar-refractivity contribution is 5.63. The fraction of sp³-hybridized carbons (Fsp3) is 0.222. The van der Waals surface area contributed by atoms with Crippen LogP contribution in [0, 0.1) is 6.92 Å². The fourth-order valence-electron chi connectivity index (χ4n) is 0.945. The van der Waals surface area contributed by atoms with Crippen LogP contribution in [-0.4, -0.2) is 4.98 Å². The lowest BCUT2D eigenvalue weighted by Gasteiger charge is -2.02. The van der Waals surface area contributed by atoms with Crippen molar-refractivity contribution in [3.63, 3.8) is 0 Å². The molecule has 2 nitrogen and oxygen atoms in total. The summed E-state index contributed by atoms with van der Waals surface area (Å²) in [5.74, 6) is 0. The number of rotatable bonds is 1. The van der Waals surface area contributed by atoms with Gasteiger partial charge in [-0.1, -0.05) is 6.08 Å². The van der Waals surface area contributed by atoms with Gasteiger partial charge in [-0.25, -0.2) is 0 Å². The molecule has 1 aromatic rings. The van der Waals surface area contributed by atoms with E-state index in [0.29, 0.717) is 0 Å². The molecule has 0 aliphatic carbocycles. The van der Waals surface area contributed by atoms with Gasteiger partial charge in [-0.2, -0.15) is 0 Å². The third-order valence-electron chi connectivity index (χ3n) is 1.63. The molecular formula is C9H12N2. The molecule has 0 saturated heterocycles. The molecule has 0 fully saturated rings. The summed E-state index contributed by atoms with van der Waals surface area (Å²) in [6, 6.07) is 3.86. The highest BCUT2D eigenvalue weighted by Crippen LogP contribution is 2.10. The van der Waals surface area contributed by atoms with Crippen LogP contribution in [-0.2, 0) is 0 Å². The molecule has 0 atom stereocenters. The summed E-state index contributed by atoms with van der Waals surface area (Å²) in [4.78, 5) is 4.13. The van der Waals surface area contributed by atoms with Crippen molar-refractivity contribution in [3.8, 4) is 0 Å². The first kappa shape index (κ1) is 7.79. The van der Waals surface area contributed by atoms with Crippen molar-refractivity contribution < 1.29 is 0 Å². The van der Waals surface area contributed by atoms with Crippen LogP contribution in [0.1, 0.15) is 18.2 Å². The van der Waals surface area contributed by atoms with Gasteiger partial charge in [-0.3, -0.25) is 4.98 Å². The third-order valence-corrected chi connectivity index (χ3v) is 1.63. The van der Waals surface area contributed by atoms with E-state index >= 15 is 0 Å². The van der Waals surface area contributed by atoms with Gasteiger partial charge in [0.25, 0.3) is 0 Å². The quantitative estimate of drug-likeness (QED) is 0.658. The van der Waals surface area contributed by atoms with Crippen LogP contribution in [0.4, 0.5) is 0 Å². The second kappa shape index (κ2) is 3.19. The molecule has 0 unspecified atom stereocenters. The van der Waals surface area contributed by atoms with Crippen LogP contribution in [0.15, 0.2) is 24.4 Å². The van der Waals surface area contributed by atoms with Gasteiger partial charge in [0.05, 0.1) is 0 Å². The number of aryl methyl sites for hydroxylation is 1. The molecule has 0 radical (unpaired) electrons. The van der Waals surface area contributed by atoms with E-state index in [1.165, 1.54) is 0 Å². The largest absolute Gasteiger partial charge is 0.398 e. The van der Waals surface area contributed by atoms with Crippen LogP contribution in [0.2, 0.25) is 0 Å². The van der Waals surface area contributed by atoms with Gasteiger partial charge in [0, 0.05) is 23.2 Å². The van der Waals surface area contributed by atoms with E-state index in [1.54, 1.807) is 6.20 Å². The summed E-state index contributed by atoms with van der Waals surface area (Å²) in [7, 11) is 0. The van der Waals surface area contributed by atoms with Crippen molar-refractivity contribution in [3.05, 3.63) is 35.7 Å². The number of pyridine rings is 1. The molecule has 0 saturated carbocycles. The Labute approximate surface area is 66.8 Å². The summed E-state index contributed by atoms with van der Waals surface area (Å²) in [6.45, 7) is 3.87. The molecule has 2 N–H and O–H groups in total. The van der Waals surface area contributed by atoms with Gasteiger partial charge >= 0.3 is 0 Å². The maximum atomic E-state index is 5.72. The van der Waals surface area contributed by atoms with Gasteiger partial charge in [0.1, 0.15) is 0 Å². The van der Waals surface area contributed by atoms with Crippen molar-refractivity contribution in [1.29, 1.82) is 0 Å². The van der Waals surface area contributed by atoms with Crippen molar-refractivity contribution in [2.75, 3.05) is 0 Å². The highest BCUT2D eigenvalue weighted by atomic mass is 14.7. The first-order chi connectivity index (χ1) is 5.25. The van der Waals surface area contributed by atoms with Gasteiger partial charge in [-0.05, 0) is 26.0 Å². The van der Waals surface area contributed by atoms with E-state index in [0.717, 1.165) is 17.0 Å². The van der Waals surface area contributed by atoms with Crippen molar-refractivity contribution in [1.82, 2.24) is 4.98 Å². The average molecular weight is 148 g/mol. The lowest BCUT2D eigenvalue weighted by Crippen LogP contribution is -1.98. The summed E-state index contributed by atoms with van der Waals surface area (Å²) in [5.41, 5.74) is 8.50. The number of hydrogen-bond donors (Lipinski definition) is 1. The smallest absolute Gasteiger partial charge is 0.0465 e. The lowest BCUT2D eigenvalue weighted by molar-refractivity contribution is 1.18. The Bertz CT molecular complexity index is 277. The van der Waals surface area contributed by atoms with E-state index in [2.05, 4.69) is 4.98 Å². The minimum Gasteiger partial charge on any atom is -0.398 e. The molecular weight excluding hydrogens is 136 g/mol. The topological polar surface area (TPSA) is 38.9 Å². The zero-order chi connectivity index (χ0) is 8.27. The number of nitrogens with two attached hydrogens (primary N) is 1. The second-order valence-corrected chi connectivity index (χ2v) is 2.38. The normalized spacial score (nSPS) is 11.6. The van der Waals surface area contributed by atoms with E-state index < -0.39 is 0 Å². The second-order valence-electron chi connectivity index (χ2n) is 2.38. The Morgan fingerprint density at radius 2 is 2.36 bits per heavy atom. The Morgan fingerprint density at radius 3 is 2.91 bits per heavy atom.